The van der Waals surface area contributed by atoms with Crippen LogP contribution in [0, 0.1) is 17.0 Å². The Kier molecular flexibility index (Phi) is 5.09. The van der Waals surface area contributed by atoms with Gasteiger partial charge in [-0.15, -0.1) is 0 Å². The van der Waals surface area contributed by atoms with E-state index in [-0.39, 0.29) is 17.8 Å². The molecule has 1 saturated heterocycles. The van der Waals surface area contributed by atoms with Crippen LogP contribution in [0.5, 0.6) is 0 Å². The number of ketones is 1. The maximum absolute atomic E-state index is 13.6. The lowest BCUT2D eigenvalue weighted by molar-refractivity contribution is 0.0959. The lowest BCUT2D eigenvalue weighted by Gasteiger charge is -2.23. The molecular weight excluding hydrogens is 272 g/mol. The van der Waals surface area contributed by atoms with Gasteiger partial charge in [-0.1, -0.05) is 19.9 Å². The van der Waals surface area contributed by atoms with E-state index in [1.165, 1.54) is 18.6 Å². The Morgan fingerprint density at radius 2 is 2.00 bits per heavy atom. The molecule has 0 atom stereocenters. The monoisotopic (exact) mass is 295 g/mol. The number of likely N-dealkylation sites (tertiary alicyclic amines) is 1. The van der Waals surface area contributed by atoms with Crippen LogP contribution in [0.2, 0.25) is 0 Å². The van der Waals surface area contributed by atoms with E-state index in [4.69, 9.17) is 0 Å². The highest BCUT2D eigenvalue weighted by molar-refractivity contribution is 5.96. The van der Waals surface area contributed by atoms with Crippen molar-refractivity contribution in [3.8, 4) is 0 Å². The van der Waals surface area contributed by atoms with Gasteiger partial charge in [0.1, 0.15) is 0 Å². The minimum absolute atomic E-state index is 0.134. The number of carbonyl (C=O) groups is 1. The molecule has 1 heterocycles. The Morgan fingerprint density at radius 3 is 2.76 bits per heavy atom. The molecule has 2 rings (SSSR count). The maximum Gasteiger partial charge on any atom is 0.169 e. The second-order valence-electron chi connectivity index (χ2n) is 6.63. The molecule has 0 spiro atoms. The van der Waals surface area contributed by atoms with Crippen molar-refractivity contribution >= 4 is 5.78 Å². The van der Waals surface area contributed by atoms with Crippen molar-refractivity contribution < 1.29 is 13.6 Å². The van der Waals surface area contributed by atoms with Crippen LogP contribution >= 0.6 is 0 Å². The molecule has 1 aromatic carbocycles. The lowest BCUT2D eigenvalue weighted by Crippen LogP contribution is -2.28. The van der Waals surface area contributed by atoms with E-state index in [2.05, 4.69) is 18.7 Å². The van der Waals surface area contributed by atoms with Gasteiger partial charge in [0.05, 0.1) is 5.56 Å². The summed E-state index contributed by atoms with van der Waals surface area (Å²) < 4.78 is 26.7. The molecule has 0 amide bonds. The van der Waals surface area contributed by atoms with Crippen molar-refractivity contribution in [3.63, 3.8) is 0 Å². The minimum atomic E-state index is -1.03. The van der Waals surface area contributed by atoms with Gasteiger partial charge in [-0.2, -0.15) is 0 Å². The van der Waals surface area contributed by atoms with Gasteiger partial charge >= 0.3 is 0 Å². The number of hydrogen-bond acceptors (Lipinski definition) is 2. The SMILES string of the molecule is CC1(C)CCCN(CCC(=O)c2cccc(F)c2F)CC1. The summed E-state index contributed by atoms with van der Waals surface area (Å²) in [5.41, 5.74) is 0.220. The normalized spacial score (nSPS) is 19.2. The first kappa shape index (κ1) is 16.1. The van der Waals surface area contributed by atoms with Gasteiger partial charge in [0.15, 0.2) is 17.4 Å². The molecule has 0 unspecified atom stereocenters. The zero-order valence-corrected chi connectivity index (χ0v) is 12.8. The molecule has 1 aliphatic heterocycles. The smallest absolute Gasteiger partial charge is 0.169 e. The van der Waals surface area contributed by atoms with Crippen LogP contribution in [0.15, 0.2) is 18.2 Å². The third kappa shape index (κ3) is 4.34. The van der Waals surface area contributed by atoms with Crippen molar-refractivity contribution in [2.45, 2.75) is 39.5 Å². The average Bonchev–Trinajstić information content (AvgIpc) is 2.60. The Bertz CT molecular complexity index is 514. The minimum Gasteiger partial charge on any atom is -0.303 e. The first-order chi connectivity index (χ1) is 9.89. The quantitative estimate of drug-likeness (QED) is 0.781. The standard InChI is InChI=1S/C17H23F2NO/c1-17(2)8-4-10-20(12-9-17)11-7-15(21)13-5-3-6-14(18)16(13)19/h3,5-6H,4,7-12H2,1-2H3. The van der Waals surface area contributed by atoms with Crippen LogP contribution in [0.25, 0.3) is 0 Å². The molecule has 0 aliphatic carbocycles. The van der Waals surface area contributed by atoms with E-state index < -0.39 is 11.6 Å². The third-order valence-corrected chi connectivity index (χ3v) is 4.34. The van der Waals surface area contributed by atoms with Crippen LogP contribution in [-0.4, -0.2) is 30.3 Å². The number of Topliss-reactive ketones (excluding diaryl/α,β-unsaturated/α-hetero) is 1. The summed E-state index contributed by atoms with van der Waals surface area (Å²) in [4.78, 5) is 14.3. The van der Waals surface area contributed by atoms with Crippen molar-refractivity contribution in [1.82, 2.24) is 4.90 Å². The second kappa shape index (κ2) is 6.65. The average molecular weight is 295 g/mol. The fraction of sp³-hybridized carbons (Fsp3) is 0.588. The zero-order valence-electron chi connectivity index (χ0n) is 12.8. The Balaban J connectivity index is 1.91. The second-order valence-corrected chi connectivity index (χ2v) is 6.63. The molecule has 1 aromatic rings. The van der Waals surface area contributed by atoms with Gasteiger partial charge in [-0.3, -0.25) is 4.79 Å². The molecule has 2 nitrogen and oxygen atoms in total. The summed E-state index contributed by atoms with van der Waals surface area (Å²) in [5.74, 6) is -2.31. The molecule has 116 valence electrons. The summed E-state index contributed by atoms with van der Waals surface area (Å²) >= 11 is 0. The summed E-state index contributed by atoms with van der Waals surface area (Å²) in [5, 5.41) is 0. The van der Waals surface area contributed by atoms with E-state index in [1.807, 2.05) is 0 Å². The Morgan fingerprint density at radius 1 is 1.24 bits per heavy atom. The van der Waals surface area contributed by atoms with Gasteiger partial charge < -0.3 is 4.90 Å². The number of halogens is 2. The molecule has 0 bridgehead atoms. The zero-order chi connectivity index (χ0) is 15.5. The third-order valence-electron chi connectivity index (χ3n) is 4.34. The van der Waals surface area contributed by atoms with E-state index >= 15 is 0 Å². The van der Waals surface area contributed by atoms with Crippen LogP contribution < -0.4 is 0 Å². The predicted octanol–water partition coefficient (Wildman–Crippen LogP) is 4.05. The Hall–Kier alpha value is -1.29. The summed E-state index contributed by atoms with van der Waals surface area (Å²) in [6.45, 7) is 7.09. The molecule has 0 saturated carbocycles. The topological polar surface area (TPSA) is 20.3 Å². The highest BCUT2D eigenvalue weighted by atomic mass is 19.2. The van der Waals surface area contributed by atoms with Gasteiger partial charge in [-0.05, 0) is 49.9 Å². The van der Waals surface area contributed by atoms with Crippen molar-refractivity contribution in [1.29, 1.82) is 0 Å². The summed E-state index contributed by atoms with van der Waals surface area (Å²) in [6.07, 6.45) is 3.65. The van der Waals surface area contributed by atoms with Crippen LogP contribution in [0.1, 0.15) is 49.9 Å². The maximum atomic E-state index is 13.6. The molecule has 21 heavy (non-hydrogen) atoms. The van der Waals surface area contributed by atoms with Gasteiger partial charge in [-0.25, -0.2) is 8.78 Å². The van der Waals surface area contributed by atoms with Crippen LogP contribution in [0.3, 0.4) is 0 Å². The molecule has 0 radical (unpaired) electrons. The van der Waals surface area contributed by atoms with Gasteiger partial charge in [0.2, 0.25) is 0 Å². The lowest BCUT2D eigenvalue weighted by atomic mass is 9.85. The number of hydrogen-bond donors (Lipinski definition) is 0. The molecule has 1 aliphatic rings. The largest absolute Gasteiger partial charge is 0.303 e. The Labute approximate surface area is 125 Å². The number of nitrogens with zero attached hydrogens (tertiary/aromatic N) is 1. The van der Waals surface area contributed by atoms with E-state index in [1.54, 1.807) is 0 Å². The highest BCUT2D eigenvalue weighted by Crippen LogP contribution is 2.29. The number of carbonyl (C=O) groups excluding carboxylic acids is 1. The van der Waals surface area contributed by atoms with Crippen molar-refractivity contribution in [2.75, 3.05) is 19.6 Å². The van der Waals surface area contributed by atoms with E-state index in [0.717, 1.165) is 32.0 Å². The van der Waals surface area contributed by atoms with E-state index in [9.17, 15) is 13.6 Å². The van der Waals surface area contributed by atoms with Gasteiger partial charge in [0, 0.05) is 13.0 Å². The van der Waals surface area contributed by atoms with E-state index in [0.29, 0.717) is 12.0 Å². The van der Waals surface area contributed by atoms with Crippen molar-refractivity contribution in [3.05, 3.63) is 35.4 Å². The molecule has 4 heteroatoms. The molecule has 0 N–H and O–H groups in total. The van der Waals surface area contributed by atoms with Gasteiger partial charge in [0.25, 0.3) is 0 Å². The molecule has 1 fully saturated rings. The number of rotatable bonds is 4. The fourth-order valence-corrected chi connectivity index (χ4v) is 2.82. The van der Waals surface area contributed by atoms with Crippen LogP contribution in [-0.2, 0) is 0 Å². The predicted molar refractivity (Wildman–Crippen MR) is 79.4 cm³/mol. The fourth-order valence-electron chi connectivity index (χ4n) is 2.82. The molecular formula is C17H23F2NO. The number of benzene rings is 1. The van der Waals surface area contributed by atoms with Crippen LogP contribution in [0.4, 0.5) is 8.78 Å². The first-order valence-corrected chi connectivity index (χ1v) is 7.59. The molecule has 0 aromatic heterocycles. The summed E-state index contributed by atoms with van der Waals surface area (Å²) in [7, 11) is 0. The summed E-state index contributed by atoms with van der Waals surface area (Å²) in [6, 6.07) is 3.76. The first-order valence-electron chi connectivity index (χ1n) is 7.59. The highest BCUT2D eigenvalue weighted by Gasteiger charge is 2.23. The van der Waals surface area contributed by atoms with Crippen molar-refractivity contribution in [2.24, 2.45) is 5.41 Å².